The molecule has 28 heavy (non-hydrogen) atoms. The molecule has 0 bridgehead atoms. The highest BCUT2D eigenvalue weighted by Crippen LogP contribution is 2.22. The molecule has 1 fully saturated rings. The topological polar surface area (TPSA) is 80.6 Å². The maximum absolute atomic E-state index is 12.3. The summed E-state index contributed by atoms with van der Waals surface area (Å²) in [5.41, 5.74) is 3.17. The van der Waals surface area contributed by atoms with Crippen molar-refractivity contribution in [1.82, 2.24) is 10.2 Å². The summed E-state index contributed by atoms with van der Waals surface area (Å²) in [6, 6.07) is 8.10. The average molecular weight is 386 g/mol. The van der Waals surface area contributed by atoms with E-state index in [1.807, 2.05) is 25.1 Å². The highest BCUT2D eigenvalue weighted by molar-refractivity contribution is 5.97. The number of nitrogens with zero attached hydrogens (tertiary/aromatic N) is 3. The van der Waals surface area contributed by atoms with Gasteiger partial charge in [0.05, 0.1) is 13.2 Å². The monoisotopic (exact) mass is 385 g/mol. The van der Waals surface area contributed by atoms with E-state index in [4.69, 9.17) is 4.74 Å². The predicted molar refractivity (Wildman–Crippen MR) is 112 cm³/mol. The Morgan fingerprint density at radius 3 is 2.64 bits per heavy atom. The third kappa shape index (κ3) is 6.25. The fourth-order valence-electron chi connectivity index (χ4n) is 3.14. The lowest BCUT2D eigenvalue weighted by atomic mass is 10.1. The van der Waals surface area contributed by atoms with E-state index in [1.54, 1.807) is 0 Å². The molecular weight excluding hydrogens is 354 g/mol. The summed E-state index contributed by atoms with van der Waals surface area (Å²) in [6.07, 6.45) is 1.48. The number of benzene rings is 1. The third-order valence-corrected chi connectivity index (χ3v) is 4.89. The van der Waals surface area contributed by atoms with Gasteiger partial charge in [-0.15, -0.1) is 0 Å². The summed E-state index contributed by atoms with van der Waals surface area (Å²) < 4.78 is 5.31. The normalized spacial score (nSPS) is 15.0. The average Bonchev–Trinajstić information content (AvgIpc) is 2.71. The van der Waals surface area contributed by atoms with Gasteiger partial charge in [-0.3, -0.25) is 9.69 Å². The second kappa shape index (κ2) is 11.3. The molecule has 0 radical (unpaired) electrons. The SMILES string of the molecule is CCN(CC)c1ccc(N/C=C(/C#N)C(=O)NCCN2CCOCC2)c(C)c1. The Bertz CT molecular complexity index is 716. The van der Waals surface area contributed by atoms with Crippen molar-refractivity contribution in [2.45, 2.75) is 20.8 Å². The van der Waals surface area contributed by atoms with Gasteiger partial charge in [0.1, 0.15) is 11.6 Å². The van der Waals surface area contributed by atoms with Crippen LogP contribution < -0.4 is 15.5 Å². The highest BCUT2D eigenvalue weighted by atomic mass is 16.5. The summed E-state index contributed by atoms with van der Waals surface area (Å²) in [6.45, 7) is 12.6. The molecule has 2 rings (SSSR count). The number of ether oxygens (including phenoxy) is 1. The quantitative estimate of drug-likeness (QED) is 0.501. The molecule has 0 aliphatic carbocycles. The van der Waals surface area contributed by atoms with Crippen molar-refractivity contribution in [1.29, 1.82) is 5.26 Å². The number of hydrogen-bond acceptors (Lipinski definition) is 6. The largest absolute Gasteiger partial charge is 0.379 e. The molecule has 2 N–H and O–H groups in total. The van der Waals surface area contributed by atoms with Crippen molar-refractivity contribution in [2.75, 3.05) is 62.7 Å². The summed E-state index contributed by atoms with van der Waals surface area (Å²) in [7, 11) is 0. The van der Waals surface area contributed by atoms with Crippen LogP contribution in [0.3, 0.4) is 0 Å². The molecule has 152 valence electrons. The number of nitrogens with one attached hydrogen (secondary N) is 2. The zero-order valence-corrected chi connectivity index (χ0v) is 17.1. The molecule has 1 aliphatic heterocycles. The van der Waals surface area contributed by atoms with Crippen molar-refractivity contribution in [3.63, 3.8) is 0 Å². The number of anilines is 2. The molecule has 0 spiro atoms. The van der Waals surface area contributed by atoms with Gasteiger partial charge in [-0.25, -0.2) is 0 Å². The van der Waals surface area contributed by atoms with Crippen LogP contribution in [-0.4, -0.2) is 63.3 Å². The molecule has 1 saturated heterocycles. The molecule has 1 aromatic carbocycles. The van der Waals surface area contributed by atoms with Crippen LogP contribution in [0.25, 0.3) is 0 Å². The van der Waals surface area contributed by atoms with Gasteiger partial charge < -0.3 is 20.3 Å². The number of aryl methyl sites for hydroxylation is 1. The fourth-order valence-corrected chi connectivity index (χ4v) is 3.14. The maximum atomic E-state index is 12.3. The Balaban J connectivity index is 1.91. The lowest BCUT2D eigenvalue weighted by Gasteiger charge is -2.26. The van der Waals surface area contributed by atoms with Gasteiger partial charge >= 0.3 is 0 Å². The second-order valence-electron chi connectivity index (χ2n) is 6.70. The molecule has 1 aromatic rings. The number of nitriles is 1. The predicted octanol–water partition coefficient (Wildman–Crippen LogP) is 2.11. The van der Waals surface area contributed by atoms with Crippen molar-refractivity contribution >= 4 is 17.3 Å². The van der Waals surface area contributed by atoms with Gasteiger partial charge in [-0.05, 0) is 44.5 Å². The number of carbonyl (C=O) groups excluding carboxylic acids is 1. The van der Waals surface area contributed by atoms with Crippen LogP contribution in [0.2, 0.25) is 0 Å². The summed E-state index contributed by atoms with van der Waals surface area (Å²) in [5.74, 6) is -0.360. The van der Waals surface area contributed by atoms with Crippen LogP contribution >= 0.6 is 0 Å². The van der Waals surface area contributed by atoms with E-state index >= 15 is 0 Å². The zero-order chi connectivity index (χ0) is 20.4. The summed E-state index contributed by atoms with van der Waals surface area (Å²) >= 11 is 0. The van der Waals surface area contributed by atoms with Crippen molar-refractivity contribution in [3.8, 4) is 6.07 Å². The molecule has 7 heteroatoms. The molecule has 1 heterocycles. The molecule has 1 amide bonds. The molecule has 1 aliphatic rings. The maximum Gasteiger partial charge on any atom is 0.263 e. The number of rotatable bonds is 9. The van der Waals surface area contributed by atoms with Crippen LogP contribution in [0.4, 0.5) is 11.4 Å². The minimum Gasteiger partial charge on any atom is -0.379 e. The van der Waals surface area contributed by atoms with Crippen LogP contribution in [0, 0.1) is 18.3 Å². The lowest BCUT2D eigenvalue weighted by molar-refractivity contribution is -0.117. The number of morpholine rings is 1. The number of hydrogen-bond donors (Lipinski definition) is 2. The van der Waals surface area contributed by atoms with E-state index in [0.29, 0.717) is 6.54 Å². The molecule has 0 unspecified atom stereocenters. The van der Waals surface area contributed by atoms with Gasteiger partial charge in [0.2, 0.25) is 0 Å². The zero-order valence-electron chi connectivity index (χ0n) is 17.1. The first-order valence-corrected chi connectivity index (χ1v) is 9.89. The van der Waals surface area contributed by atoms with Crippen molar-refractivity contribution in [2.24, 2.45) is 0 Å². The van der Waals surface area contributed by atoms with Crippen LogP contribution in [0.1, 0.15) is 19.4 Å². The number of amides is 1. The Hall–Kier alpha value is -2.56. The fraction of sp³-hybridized carbons (Fsp3) is 0.524. The van der Waals surface area contributed by atoms with Crippen LogP contribution in [-0.2, 0) is 9.53 Å². The van der Waals surface area contributed by atoms with E-state index in [9.17, 15) is 10.1 Å². The summed E-state index contributed by atoms with van der Waals surface area (Å²) in [5, 5.41) is 15.2. The van der Waals surface area contributed by atoms with E-state index < -0.39 is 0 Å². The Kier molecular flexibility index (Phi) is 8.79. The Morgan fingerprint density at radius 2 is 2.04 bits per heavy atom. The molecule has 0 atom stereocenters. The summed E-state index contributed by atoms with van der Waals surface area (Å²) in [4.78, 5) is 16.8. The first kappa shape index (κ1) is 21.7. The molecule has 0 aromatic heterocycles. The Labute approximate surface area is 167 Å². The van der Waals surface area contributed by atoms with Crippen LogP contribution in [0.5, 0.6) is 0 Å². The van der Waals surface area contributed by atoms with E-state index in [0.717, 1.165) is 57.2 Å². The Morgan fingerprint density at radius 1 is 1.32 bits per heavy atom. The standard InChI is InChI=1S/C21H31N5O2/c1-4-26(5-2)19-6-7-20(17(3)14-19)24-16-18(15-22)21(27)23-8-9-25-10-12-28-13-11-25/h6-7,14,16,24H,4-5,8-13H2,1-3H3,(H,23,27)/b18-16-. The minimum absolute atomic E-state index is 0.0641. The van der Waals surface area contributed by atoms with Gasteiger partial charge in [-0.1, -0.05) is 0 Å². The van der Waals surface area contributed by atoms with Gasteiger partial charge in [-0.2, -0.15) is 5.26 Å². The minimum atomic E-state index is -0.360. The van der Waals surface area contributed by atoms with Crippen LogP contribution in [0.15, 0.2) is 30.0 Å². The molecule has 7 nitrogen and oxygen atoms in total. The van der Waals surface area contributed by atoms with Gasteiger partial charge in [0, 0.05) is 56.8 Å². The third-order valence-electron chi connectivity index (χ3n) is 4.89. The van der Waals surface area contributed by atoms with Crippen molar-refractivity contribution in [3.05, 3.63) is 35.5 Å². The van der Waals surface area contributed by atoms with E-state index in [2.05, 4.69) is 40.3 Å². The smallest absolute Gasteiger partial charge is 0.263 e. The first-order valence-electron chi connectivity index (χ1n) is 9.89. The molecule has 0 saturated carbocycles. The van der Waals surface area contributed by atoms with Crippen molar-refractivity contribution < 1.29 is 9.53 Å². The van der Waals surface area contributed by atoms with E-state index in [1.165, 1.54) is 11.9 Å². The lowest BCUT2D eigenvalue weighted by Crippen LogP contribution is -2.41. The van der Waals surface area contributed by atoms with Gasteiger partial charge in [0.15, 0.2) is 0 Å². The van der Waals surface area contributed by atoms with E-state index in [-0.39, 0.29) is 11.5 Å². The van der Waals surface area contributed by atoms with Gasteiger partial charge in [0.25, 0.3) is 5.91 Å². The number of carbonyl (C=O) groups is 1. The highest BCUT2D eigenvalue weighted by Gasteiger charge is 2.12. The first-order chi connectivity index (χ1) is 13.6. The second-order valence-corrected chi connectivity index (χ2v) is 6.70. The molecular formula is C21H31N5O2.